The molecule has 0 radical (unpaired) electrons. The summed E-state index contributed by atoms with van der Waals surface area (Å²) >= 11 is 5.97. The zero-order valence-electron chi connectivity index (χ0n) is 9.51. The third kappa shape index (κ3) is 2.65. The van der Waals surface area contributed by atoms with Crippen LogP contribution in [0.4, 0.5) is 11.5 Å². The summed E-state index contributed by atoms with van der Waals surface area (Å²) < 4.78 is 6.73. The Hall–Kier alpha value is -1.82. The van der Waals surface area contributed by atoms with Gasteiger partial charge in [0, 0.05) is 12.7 Å². The molecule has 0 spiro atoms. The first-order chi connectivity index (χ1) is 8.22. The van der Waals surface area contributed by atoms with E-state index in [4.69, 9.17) is 16.3 Å². The fourth-order valence-electron chi connectivity index (χ4n) is 1.27. The lowest BCUT2D eigenvalue weighted by molar-refractivity contribution is 0.380. The number of anilines is 2. The Morgan fingerprint density at radius 2 is 2.29 bits per heavy atom. The van der Waals surface area contributed by atoms with Gasteiger partial charge in [-0.2, -0.15) is 10.1 Å². The largest absolute Gasteiger partial charge is 0.467 e. The van der Waals surface area contributed by atoms with Crippen molar-refractivity contribution < 1.29 is 4.74 Å². The van der Waals surface area contributed by atoms with Crippen LogP contribution in [0.5, 0.6) is 6.01 Å². The zero-order valence-corrected chi connectivity index (χ0v) is 10.3. The van der Waals surface area contributed by atoms with E-state index in [1.807, 2.05) is 13.1 Å². The molecule has 6 nitrogen and oxygen atoms in total. The number of rotatable bonds is 4. The maximum atomic E-state index is 5.97. The van der Waals surface area contributed by atoms with E-state index >= 15 is 0 Å². The molecule has 17 heavy (non-hydrogen) atoms. The fourth-order valence-corrected chi connectivity index (χ4v) is 1.41. The maximum absolute atomic E-state index is 5.97. The first-order valence-electron chi connectivity index (χ1n) is 5.09. The summed E-state index contributed by atoms with van der Waals surface area (Å²) in [6.45, 7) is 2.82. The molecule has 1 N–H and O–H groups in total. The zero-order chi connectivity index (χ0) is 12.3. The van der Waals surface area contributed by atoms with E-state index in [9.17, 15) is 0 Å². The van der Waals surface area contributed by atoms with Crippen LogP contribution in [0.3, 0.4) is 0 Å². The van der Waals surface area contributed by atoms with E-state index in [2.05, 4.69) is 20.4 Å². The minimum atomic E-state index is 0.264. The van der Waals surface area contributed by atoms with Gasteiger partial charge >= 0.3 is 6.01 Å². The molecule has 0 unspecified atom stereocenters. The van der Waals surface area contributed by atoms with Crippen LogP contribution in [-0.4, -0.2) is 26.9 Å². The smallest absolute Gasteiger partial charge is 0.318 e. The number of hydrogen-bond donors (Lipinski definition) is 1. The van der Waals surface area contributed by atoms with Gasteiger partial charge in [0.15, 0.2) is 5.82 Å². The molecule has 0 aliphatic rings. The summed E-state index contributed by atoms with van der Waals surface area (Å²) in [5.74, 6) is 0.495. The summed E-state index contributed by atoms with van der Waals surface area (Å²) in [4.78, 5) is 8.00. The second-order valence-electron chi connectivity index (χ2n) is 3.26. The number of aromatic nitrogens is 4. The summed E-state index contributed by atoms with van der Waals surface area (Å²) in [5, 5.41) is 7.62. The van der Waals surface area contributed by atoms with Crippen LogP contribution in [-0.2, 0) is 6.54 Å². The highest BCUT2D eigenvalue weighted by molar-refractivity contribution is 6.32. The molecule has 2 aromatic rings. The molecule has 2 aromatic heterocycles. The van der Waals surface area contributed by atoms with Gasteiger partial charge in [0.05, 0.1) is 25.2 Å². The third-order valence-electron chi connectivity index (χ3n) is 2.12. The Morgan fingerprint density at radius 3 is 2.94 bits per heavy atom. The Labute approximate surface area is 104 Å². The van der Waals surface area contributed by atoms with E-state index < -0.39 is 0 Å². The van der Waals surface area contributed by atoms with E-state index in [1.165, 1.54) is 13.3 Å². The molecule has 2 rings (SSSR count). The number of hydrogen-bond acceptors (Lipinski definition) is 5. The molecule has 0 aromatic carbocycles. The maximum Gasteiger partial charge on any atom is 0.318 e. The summed E-state index contributed by atoms with van der Waals surface area (Å²) in [6.07, 6.45) is 5.05. The van der Waals surface area contributed by atoms with Crippen molar-refractivity contribution in [2.45, 2.75) is 13.5 Å². The van der Waals surface area contributed by atoms with Crippen LogP contribution in [0.2, 0.25) is 5.02 Å². The predicted octanol–water partition coefficient (Wildman–Crippen LogP) is 2.10. The highest BCUT2D eigenvalue weighted by Crippen LogP contribution is 2.23. The van der Waals surface area contributed by atoms with Crippen molar-refractivity contribution in [2.24, 2.45) is 0 Å². The molecule has 0 fully saturated rings. The molecule has 0 atom stereocenters. The Bertz CT molecular complexity index is 513. The van der Waals surface area contributed by atoms with Crippen molar-refractivity contribution in [3.8, 4) is 6.01 Å². The van der Waals surface area contributed by atoms with Crippen molar-refractivity contribution in [3.05, 3.63) is 23.6 Å². The van der Waals surface area contributed by atoms with Crippen molar-refractivity contribution in [1.82, 2.24) is 19.7 Å². The average Bonchev–Trinajstić information content (AvgIpc) is 2.80. The minimum absolute atomic E-state index is 0.264. The van der Waals surface area contributed by atoms with Crippen LogP contribution in [0.15, 0.2) is 18.6 Å². The monoisotopic (exact) mass is 253 g/mol. The molecule has 2 heterocycles. The molecular weight excluding hydrogens is 242 g/mol. The van der Waals surface area contributed by atoms with Gasteiger partial charge in [-0.25, -0.2) is 4.98 Å². The average molecular weight is 254 g/mol. The molecule has 0 bridgehead atoms. The van der Waals surface area contributed by atoms with Crippen molar-refractivity contribution in [3.63, 3.8) is 0 Å². The van der Waals surface area contributed by atoms with Gasteiger partial charge in [-0.05, 0) is 6.92 Å². The van der Waals surface area contributed by atoms with Crippen LogP contribution in [0, 0.1) is 0 Å². The summed E-state index contributed by atoms with van der Waals surface area (Å²) in [6, 6.07) is 0.264. The Balaban J connectivity index is 2.22. The fraction of sp³-hybridized carbons (Fsp3) is 0.300. The Morgan fingerprint density at radius 1 is 1.47 bits per heavy atom. The number of methoxy groups -OCH3 is 1. The number of nitrogens with one attached hydrogen (secondary N) is 1. The standard InChI is InChI=1S/C10H12ClN5O/c1-3-16-6-7(4-13-16)14-9-8(11)5-12-10(15-9)17-2/h4-6H,3H2,1-2H3,(H,12,14,15). The summed E-state index contributed by atoms with van der Waals surface area (Å²) in [5.41, 5.74) is 0.814. The van der Waals surface area contributed by atoms with Crippen molar-refractivity contribution in [2.75, 3.05) is 12.4 Å². The number of aryl methyl sites for hydroxylation is 1. The number of ether oxygens (including phenoxy) is 1. The summed E-state index contributed by atoms with van der Waals surface area (Å²) in [7, 11) is 1.50. The molecular formula is C10H12ClN5O. The Kier molecular flexibility index (Phi) is 3.43. The van der Waals surface area contributed by atoms with Gasteiger partial charge in [0.2, 0.25) is 0 Å². The number of halogens is 1. The topological polar surface area (TPSA) is 64.9 Å². The SMILES string of the molecule is CCn1cc(Nc2nc(OC)ncc2Cl)cn1. The van der Waals surface area contributed by atoms with E-state index in [0.29, 0.717) is 10.8 Å². The van der Waals surface area contributed by atoms with E-state index in [-0.39, 0.29) is 6.01 Å². The van der Waals surface area contributed by atoms with Crippen LogP contribution in [0.1, 0.15) is 6.92 Å². The quantitative estimate of drug-likeness (QED) is 0.904. The molecule has 0 amide bonds. The van der Waals surface area contributed by atoms with E-state index in [0.717, 1.165) is 12.2 Å². The lowest BCUT2D eigenvalue weighted by Gasteiger charge is -2.05. The third-order valence-corrected chi connectivity index (χ3v) is 2.40. The predicted molar refractivity (Wildman–Crippen MR) is 64.8 cm³/mol. The van der Waals surface area contributed by atoms with Gasteiger partial charge in [0.25, 0.3) is 0 Å². The van der Waals surface area contributed by atoms with Crippen LogP contribution < -0.4 is 10.1 Å². The van der Waals surface area contributed by atoms with Gasteiger partial charge in [-0.15, -0.1) is 0 Å². The normalized spacial score (nSPS) is 10.3. The van der Waals surface area contributed by atoms with Gasteiger partial charge in [-0.1, -0.05) is 11.6 Å². The second-order valence-corrected chi connectivity index (χ2v) is 3.67. The minimum Gasteiger partial charge on any atom is -0.467 e. The van der Waals surface area contributed by atoms with Gasteiger partial charge in [-0.3, -0.25) is 4.68 Å². The lowest BCUT2D eigenvalue weighted by Crippen LogP contribution is -1.98. The molecule has 0 saturated heterocycles. The van der Waals surface area contributed by atoms with E-state index in [1.54, 1.807) is 10.9 Å². The molecule has 0 aliphatic carbocycles. The van der Waals surface area contributed by atoms with Gasteiger partial charge in [0.1, 0.15) is 5.02 Å². The molecule has 0 aliphatic heterocycles. The first-order valence-corrected chi connectivity index (χ1v) is 5.46. The van der Waals surface area contributed by atoms with Crippen molar-refractivity contribution >= 4 is 23.1 Å². The first kappa shape index (κ1) is 11.7. The van der Waals surface area contributed by atoms with Gasteiger partial charge < -0.3 is 10.1 Å². The highest BCUT2D eigenvalue weighted by Gasteiger charge is 2.07. The second kappa shape index (κ2) is 5.01. The van der Waals surface area contributed by atoms with Crippen LogP contribution >= 0.6 is 11.6 Å². The van der Waals surface area contributed by atoms with Crippen molar-refractivity contribution in [1.29, 1.82) is 0 Å². The lowest BCUT2D eigenvalue weighted by atomic mass is 10.5. The molecule has 7 heteroatoms. The molecule has 0 saturated carbocycles. The molecule has 90 valence electrons. The van der Waals surface area contributed by atoms with Crippen LogP contribution in [0.25, 0.3) is 0 Å². The highest BCUT2D eigenvalue weighted by atomic mass is 35.5. The number of nitrogens with zero attached hydrogens (tertiary/aromatic N) is 4.